The third-order valence-corrected chi connectivity index (χ3v) is 4.99. The van der Waals surface area contributed by atoms with Crippen LogP contribution >= 0.6 is 11.6 Å². The predicted octanol–water partition coefficient (Wildman–Crippen LogP) is 4.21. The molecule has 0 aromatic heterocycles. The van der Waals surface area contributed by atoms with E-state index in [1.165, 1.54) is 25.7 Å². The van der Waals surface area contributed by atoms with E-state index >= 15 is 0 Å². The third kappa shape index (κ3) is 2.75. The molecule has 0 aliphatic heterocycles. The quantitative estimate of drug-likeness (QED) is 0.895. The second-order valence-electron chi connectivity index (χ2n) is 6.10. The Balaban J connectivity index is 1.66. The minimum absolute atomic E-state index is 0.547. The fourth-order valence-electron chi connectivity index (χ4n) is 3.75. The highest BCUT2D eigenvalue weighted by Crippen LogP contribution is 2.48. The molecule has 2 aliphatic rings. The van der Waals surface area contributed by atoms with Gasteiger partial charge in [0.25, 0.3) is 0 Å². The molecule has 104 valence electrons. The van der Waals surface area contributed by atoms with Gasteiger partial charge < -0.3 is 9.84 Å². The lowest BCUT2D eigenvalue weighted by Gasteiger charge is -2.23. The van der Waals surface area contributed by atoms with Crippen molar-refractivity contribution in [1.82, 2.24) is 0 Å². The Morgan fingerprint density at radius 1 is 1.37 bits per heavy atom. The van der Waals surface area contributed by atoms with E-state index in [9.17, 15) is 5.11 Å². The third-order valence-electron chi connectivity index (χ3n) is 4.76. The second kappa shape index (κ2) is 5.34. The average Bonchev–Trinajstić information content (AvgIpc) is 2.99. The zero-order chi connectivity index (χ0) is 13.4. The van der Waals surface area contributed by atoms with Crippen molar-refractivity contribution in [1.29, 1.82) is 0 Å². The van der Waals surface area contributed by atoms with E-state index in [0.717, 1.165) is 29.8 Å². The lowest BCUT2D eigenvalue weighted by molar-refractivity contribution is 0.172. The fourth-order valence-corrected chi connectivity index (χ4v) is 3.94. The van der Waals surface area contributed by atoms with Gasteiger partial charge in [-0.05, 0) is 62.1 Å². The van der Waals surface area contributed by atoms with Crippen LogP contribution in [0.3, 0.4) is 0 Å². The summed E-state index contributed by atoms with van der Waals surface area (Å²) in [6.07, 6.45) is 4.97. The normalized spacial score (nSPS) is 30.6. The summed E-state index contributed by atoms with van der Waals surface area (Å²) in [5.41, 5.74) is 0.788. The van der Waals surface area contributed by atoms with Crippen LogP contribution in [0.15, 0.2) is 18.2 Å². The first kappa shape index (κ1) is 13.3. The first-order chi connectivity index (χ1) is 9.13. The topological polar surface area (TPSA) is 29.5 Å². The van der Waals surface area contributed by atoms with Crippen molar-refractivity contribution in [3.63, 3.8) is 0 Å². The van der Waals surface area contributed by atoms with Crippen molar-refractivity contribution >= 4 is 11.6 Å². The number of benzene rings is 1. The van der Waals surface area contributed by atoms with Gasteiger partial charge in [-0.25, -0.2) is 0 Å². The highest BCUT2D eigenvalue weighted by molar-refractivity contribution is 6.30. The Kier molecular flexibility index (Phi) is 3.72. The van der Waals surface area contributed by atoms with Crippen molar-refractivity contribution in [3.8, 4) is 5.75 Å². The predicted molar refractivity (Wildman–Crippen MR) is 76.5 cm³/mol. The first-order valence-corrected chi connectivity index (χ1v) is 7.61. The Morgan fingerprint density at radius 3 is 2.84 bits per heavy atom. The smallest absolute Gasteiger partial charge is 0.125 e. The second-order valence-corrected chi connectivity index (χ2v) is 6.54. The van der Waals surface area contributed by atoms with Crippen LogP contribution in [0.1, 0.15) is 44.3 Å². The van der Waals surface area contributed by atoms with E-state index < -0.39 is 6.10 Å². The molecule has 19 heavy (non-hydrogen) atoms. The molecule has 0 radical (unpaired) electrons. The maximum Gasteiger partial charge on any atom is 0.125 e. The number of fused-ring (bicyclic) bond motifs is 2. The van der Waals surface area contributed by atoms with Gasteiger partial charge in [-0.1, -0.05) is 18.0 Å². The van der Waals surface area contributed by atoms with Crippen LogP contribution in [-0.2, 0) is 0 Å². The molecule has 1 aromatic carbocycles. The summed E-state index contributed by atoms with van der Waals surface area (Å²) >= 11 is 5.97. The molecule has 2 fully saturated rings. The molecule has 1 aromatic rings. The minimum atomic E-state index is -0.547. The zero-order valence-electron chi connectivity index (χ0n) is 11.3. The van der Waals surface area contributed by atoms with Gasteiger partial charge in [-0.2, -0.15) is 0 Å². The molecular formula is C16H21ClO2. The van der Waals surface area contributed by atoms with Gasteiger partial charge in [-0.15, -0.1) is 0 Å². The number of rotatable bonds is 4. The monoisotopic (exact) mass is 280 g/mol. The van der Waals surface area contributed by atoms with Crippen LogP contribution in [0.2, 0.25) is 5.02 Å². The molecule has 0 heterocycles. The van der Waals surface area contributed by atoms with Crippen molar-refractivity contribution < 1.29 is 9.84 Å². The van der Waals surface area contributed by atoms with Crippen LogP contribution in [0.4, 0.5) is 0 Å². The van der Waals surface area contributed by atoms with Gasteiger partial charge in [-0.3, -0.25) is 0 Å². The first-order valence-electron chi connectivity index (χ1n) is 7.24. The van der Waals surface area contributed by atoms with Crippen LogP contribution in [-0.4, -0.2) is 11.7 Å². The van der Waals surface area contributed by atoms with Gasteiger partial charge >= 0.3 is 0 Å². The molecule has 2 aliphatic carbocycles. The Morgan fingerprint density at radius 2 is 2.21 bits per heavy atom. The molecule has 2 bridgehead atoms. The molecule has 3 rings (SSSR count). The number of hydrogen-bond donors (Lipinski definition) is 1. The maximum absolute atomic E-state index is 9.79. The number of aliphatic hydroxyl groups is 1. The van der Waals surface area contributed by atoms with Gasteiger partial charge in [0.2, 0.25) is 0 Å². The van der Waals surface area contributed by atoms with Gasteiger partial charge in [0, 0.05) is 10.6 Å². The highest BCUT2D eigenvalue weighted by Gasteiger charge is 2.39. The maximum atomic E-state index is 9.79. The van der Waals surface area contributed by atoms with Gasteiger partial charge in [0.15, 0.2) is 0 Å². The molecule has 1 N–H and O–H groups in total. The van der Waals surface area contributed by atoms with Gasteiger partial charge in [0.1, 0.15) is 5.75 Å². The van der Waals surface area contributed by atoms with E-state index in [1.54, 1.807) is 13.0 Å². The molecule has 2 nitrogen and oxygen atoms in total. The van der Waals surface area contributed by atoms with Crippen molar-refractivity contribution in [2.45, 2.75) is 38.7 Å². The summed E-state index contributed by atoms with van der Waals surface area (Å²) in [7, 11) is 0. The molecule has 4 atom stereocenters. The van der Waals surface area contributed by atoms with Crippen molar-refractivity contribution in [2.75, 3.05) is 6.61 Å². The number of halogens is 1. The standard InChI is InChI=1S/C16H21ClO2/c1-10(18)15-8-14(17)4-5-16(15)19-9-13-7-11-2-3-12(13)6-11/h4-5,8,10-13,18H,2-3,6-7,9H2,1H3. The SMILES string of the molecule is CC(O)c1cc(Cl)ccc1OCC1CC2CCC1C2. The average molecular weight is 281 g/mol. The van der Waals surface area contributed by atoms with E-state index in [2.05, 4.69) is 0 Å². The lowest BCUT2D eigenvalue weighted by atomic mass is 9.89. The summed E-state index contributed by atoms with van der Waals surface area (Å²) in [5.74, 6) is 3.30. The van der Waals surface area contributed by atoms with E-state index in [1.807, 2.05) is 12.1 Å². The zero-order valence-corrected chi connectivity index (χ0v) is 12.1. The minimum Gasteiger partial charge on any atom is -0.493 e. The fraction of sp³-hybridized carbons (Fsp3) is 0.625. The molecular weight excluding hydrogens is 260 g/mol. The highest BCUT2D eigenvalue weighted by atomic mass is 35.5. The Hall–Kier alpha value is -0.730. The molecule has 0 amide bonds. The summed E-state index contributed by atoms with van der Waals surface area (Å²) in [5, 5.41) is 10.4. The van der Waals surface area contributed by atoms with E-state index in [-0.39, 0.29) is 0 Å². The molecule has 3 heteroatoms. The number of aliphatic hydroxyl groups excluding tert-OH is 1. The van der Waals surface area contributed by atoms with E-state index in [0.29, 0.717) is 10.9 Å². The van der Waals surface area contributed by atoms with Crippen LogP contribution in [0.25, 0.3) is 0 Å². The summed E-state index contributed by atoms with van der Waals surface area (Å²) < 4.78 is 5.97. The van der Waals surface area contributed by atoms with Crippen LogP contribution in [0, 0.1) is 17.8 Å². The van der Waals surface area contributed by atoms with E-state index in [4.69, 9.17) is 16.3 Å². The number of hydrogen-bond acceptors (Lipinski definition) is 2. The van der Waals surface area contributed by atoms with Crippen molar-refractivity contribution in [3.05, 3.63) is 28.8 Å². The Labute approximate surface area is 119 Å². The van der Waals surface area contributed by atoms with Crippen LogP contribution < -0.4 is 4.74 Å². The summed E-state index contributed by atoms with van der Waals surface area (Å²) in [4.78, 5) is 0. The van der Waals surface area contributed by atoms with Gasteiger partial charge in [0.05, 0.1) is 12.7 Å². The summed E-state index contributed by atoms with van der Waals surface area (Å²) in [6, 6.07) is 5.49. The Bertz CT molecular complexity index is 458. The number of ether oxygens (including phenoxy) is 1. The lowest BCUT2D eigenvalue weighted by Crippen LogP contribution is -2.19. The molecule has 0 saturated heterocycles. The van der Waals surface area contributed by atoms with Crippen LogP contribution in [0.5, 0.6) is 5.75 Å². The summed E-state index contributed by atoms with van der Waals surface area (Å²) in [6.45, 7) is 2.53. The van der Waals surface area contributed by atoms with Crippen molar-refractivity contribution in [2.24, 2.45) is 17.8 Å². The largest absolute Gasteiger partial charge is 0.493 e. The molecule has 2 saturated carbocycles. The molecule has 0 spiro atoms. The molecule has 4 unspecified atom stereocenters.